The molecule has 0 aliphatic carbocycles. The number of fused-ring (bicyclic) bond motifs is 1. The highest BCUT2D eigenvalue weighted by atomic mass is 16.5. The van der Waals surface area contributed by atoms with Gasteiger partial charge in [0.15, 0.2) is 0 Å². The smallest absolute Gasteiger partial charge is 0.230 e. The summed E-state index contributed by atoms with van der Waals surface area (Å²) < 4.78 is 5.58. The Hall–Kier alpha value is -1.55. The third kappa shape index (κ3) is 2.45. The fourth-order valence-corrected chi connectivity index (χ4v) is 2.97. The topological polar surface area (TPSA) is 50.4 Å². The minimum absolute atomic E-state index is 0.00335. The highest BCUT2D eigenvalue weighted by Gasteiger charge is 2.32. The summed E-state index contributed by atoms with van der Waals surface area (Å²) in [7, 11) is 0. The largest absolute Gasteiger partial charge is 0.384 e. The van der Waals surface area contributed by atoms with Gasteiger partial charge >= 0.3 is 0 Å². The fourth-order valence-electron chi connectivity index (χ4n) is 2.97. The van der Waals surface area contributed by atoms with E-state index in [0.29, 0.717) is 6.61 Å². The number of ether oxygens (including phenoxy) is 1. The molecule has 0 bridgehead atoms. The summed E-state index contributed by atoms with van der Waals surface area (Å²) in [4.78, 5) is 12.3. The normalized spacial score (nSPS) is 24.9. The van der Waals surface area contributed by atoms with Crippen molar-refractivity contribution in [2.45, 2.75) is 32.3 Å². The molecule has 1 saturated heterocycles. The molecule has 19 heavy (non-hydrogen) atoms. The Bertz CT molecular complexity index is 487. The Morgan fingerprint density at radius 3 is 3.26 bits per heavy atom. The van der Waals surface area contributed by atoms with Gasteiger partial charge in [-0.2, -0.15) is 0 Å². The van der Waals surface area contributed by atoms with Crippen molar-refractivity contribution in [1.82, 2.24) is 0 Å². The summed E-state index contributed by atoms with van der Waals surface area (Å²) in [5.41, 5.74) is 3.37. The third-order valence-corrected chi connectivity index (χ3v) is 4.03. The summed E-state index contributed by atoms with van der Waals surface area (Å²) in [6.45, 7) is 3.75. The van der Waals surface area contributed by atoms with Gasteiger partial charge in [-0.15, -0.1) is 0 Å². The van der Waals surface area contributed by atoms with Gasteiger partial charge in [0.05, 0.1) is 12.0 Å². The molecule has 2 aliphatic heterocycles. The van der Waals surface area contributed by atoms with Crippen molar-refractivity contribution >= 4 is 17.3 Å². The Morgan fingerprint density at radius 2 is 2.42 bits per heavy atom. The lowest BCUT2D eigenvalue weighted by atomic mass is 9.98. The molecule has 1 amide bonds. The average molecular weight is 260 g/mol. The van der Waals surface area contributed by atoms with Crippen LogP contribution in [0.25, 0.3) is 0 Å². The van der Waals surface area contributed by atoms with Crippen LogP contribution in [0.2, 0.25) is 0 Å². The van der Waals surface area contributed by atoms with Crippen molar-refractivity contribution in [2.75, 3.05) is 23.8 Å². The van der Waals surface area contributed by atoms with E-state index in [2.05, 4.69) is 23.6 Å². The van der Waals surface area contributed by atoms with Gasteiger partial charge in [0.2, 0.25) is 5.91 Å². The summed E-state index contributed by atoms with van der Waals surface area (Å²) in [6, 6.07) is 6.08. The zero-order valence-electron chi connectivity index (χ0n) is 11.2. The first-order valence-electron chi connectivity index (χ1n) is 7.07. The predicted molar refractivity (Wildman–Crippen MR) is 75.4 cm³/mol. The molecule has 2 N–H and O–H groups in total. The first-order valence-corrected chi connectivity index (χ1v) is 7.07. The molecule has 2 unspecified atom stereocenters. The first kappa shape index (κ1) is 12.5. The number of amides is 1. The molecule has 0 radical (unpaired) electrons. The van der Waals surface area contributed by atoms with Crippen molar-refractivity contribution in [2.24, 2.45) is 5.92 Å². The van der Waals surface area contributed by atoms with Gasteiger partial charge in [-0.1, -0.05) is 6.92 Å². The number of carbonyl (C=O) groups excluding carboxylic acids is 1. The molecule has 2 atom stereocenters. The molecule has 2 heterocycles. The van der Waals surface area contributed by atoms with Gasteiger partial charge in [-0.25, -0.2) is 0 Å². The fraction of sp³-hybridized carbons (Fsp3) is 0.533. The molecule has 1 fully saturated rings. The summed E-state index contributed by atoms with van der Waals surface area (Å²) in [5.74, 6) is 0.0895. The van der Waals surface area contributed by atoms with Gasteiger partial charge in [0.1, 0.15) is 0 Å². The molecule has 3 rings (SSSR count). The van der Waals surface area contributed by atoms with Crippen LogP contribution in [-0.2, 0) is 16.0 Å². The van der Waals surface area contributed by atoms with Gasteiger partial charge in [-0.3, -0.25) is 4.79 Å². The van der Waals surface area contributed by atoms with Crippen LogP contribution in [0.15, 0.2) is 18.2 Å². The molecular formula is C15H20N2O2. The highest BCUT2D eigenvalue weighted by Crippen LogP contribution is 2.28. The highest BCUT2D eigenvalue weighted by molar-refractivity contribution is 5.93. The lowest BCUT2D eigenvalue weighted by molar-refractivity contribution is -0.121. The lowest BCUT2D eigenvalue weighted by Gasteiger charge is -2.16. The minimum Gasteiger partial charge on any atom is -0.384 e. The van der Waals surface area contributed by atoms with E-state index in [-0.39, 0.29) is 17.9 Å². The minimum atomic E-state index is -0.00335. The number of nitrogens with one attached hydrogen (secondary N) is 2. The molecule has 102 valence electrons. The summed E-state index contributed by atoms with van der Waals surface area (Å²) >= 11 is 0. The molecule has 2 aliphatic rings. The zero-order valence-corrected chi connectivity index (χ0v) is 11.2. The van der Waals surface area contributed by atoms with Crippen molar-refractivity contribution in [3.63, 3.8) is 0 Å². The first-order chi connectivity index (χ1) is 9.28. The quantitative estimate of drug-likeness (QED) is 0.877. The van der Waals surface area contributed by atoms with E-state index in [1.807, 2.05) is 12.1 Å². The Labute approximate surface area is 113 Å². The van der Waals surface area contributed by atoms with Crippen LogP contribution in [0.3, 0.4) is 0 Å². The molecule has 4 heteroatoms. The molecule has 1 aromatic rings. The molecule has 0 saturated carbocycles. The maximum absolute atomic E-state index is 12.3. The van der Waals surface area contributed by atoms with E-state index in [9.17, 15) is 4.79 Å². The van der Waals surface area contributed by atoms with Crippen molar-refractivity contribution in [3.05, 3.63) is 23.8 Å². The van der Waals surface area contributed by atoms with Crippen LogP contribution in [-0.4, -0.2) is 25.2 Å². The maximum Gasteiger partial charge on any atom is 0.230 e. The standard InChI is InChI=1S/C15H20N2O2/c1-2-14-12(6-8-19-14)15(18)17-11-3-4-13-10(9-11)5-7-16-13/h3-4,9,12,14,16H,2,5-8H2,1H3,(H,17,18). The van der Waals surface area contributed by atoms with Crippen molar-refractivity contribution in [1.29, 1.82) is 0 Å². The second-order valence-corrected chi connectivity index (χ2v) is 5.25. The number of carbonyl (C=O) groups is 1. The number of hydrogen-bond donors (Lipinski definition) is 2. The van der Waals surface area contributed by atoms with Crippen molar-refractivity contribution in [3.8, 4) is 0 Å². The van der Waals surface area contributed by atoms with Crippen LogP contribution < -0.4 is 10.6 Å². The van der Waals surface area contributed by atoms with Crippen molar-refractivity contribution < 1.29 is 9.53 Å². The van der Waals surface area contributed by atoms with E-state index >= 15 is 0 Å². The van der Waals surface area contributed by atoms with Crippen LogP contribution in [0, 0.1) is 5.92 Å². The van der Waals surface area contributed by atoms with E-state index in [1.54, 1.807) is 0 Å². The Morgan fingerprint density at radius 1 is 1.53 bits per heavy atom. The van der Waals surface area contributed by atoms with Crippen LogP contribution in [0.4, 0.5) is 11.4 Å². The Kier molecular flexibility index (Phi) is 3.42. The van der Waals surface area contributed by atoms with Crippen LogP contribution >= 0.6 is 0 Å². The van der Waals surface area contributed by atoms with E-state index in [0.717, 1.165) is 31.5 Å². The lowest BCUT2D eigenvalue weighted by Crippen LogP contribution is -2.29. The maximum atomic E-state index is 12.3. The Balaban J connectivity index is 1.69. The second-order valence-electron chi connectivity index (χ2n) is 5.25. The molecule has 0 aromatic heterocycles. The predicted octanol–water partition coefficient (Wildman–Crippen LogP) is 2.41. The average Bonchev–Trinajstić information content (AvgIpc) is 3.06. The number of anilines is 2. The number of benzene rings is 1. The van der Waals surface area contributed by atoms with Gasteiger partial charge in [0.25, 0.3) is 0 Å². The van der Waals surface area contributed by atoms with E-state index in [1.165, 1.54) is 11.3 Å². The molecular weight excluding hydrogens is 240 g/mol. The molecule has 1 aromatic carbocycles. The monoisotopic (exact) mass is 260 g/mol. The third-order valence-electron chi connectivity index (χ3n) is 4.03. The van der Waals surface area contributed by atoms with Crippen LogP contribution in [0.1, 0.15) is 25.3 Å². The van der Waals surface area contributed by atoms with Crippen LogP contribution in [0.5, 0.6) is 0 Å². The summed E-state index contributed by atoms with van der Waals surface area (Å²) in [5, 5.41) is 6.35. The molecule has 4 nitrogen and oxygen atoms in total. The van der Waals surface area contributed by atoms with Gasteiger partial charge in [-0.05, 0) is 43.0 Å². The van der Waals surface area contributed by atoms with E-state index < -0.39 is 0 Å². The number of rotatable bonds is 3. The second kappa shape index (κ2) is 5.21. The SMILES string of the molecule is CCC1OCCC1C(=O)Nc1ccc2c(c1)CCN2. The van der Waals surface area contributed by atoms with Gasteiger partial charge < -0.3 is 15.4 Å². The van der Waals surface area contributed by atoms with E-state index in [4.69, 9.17) is 4.74 Å². The van der Waals surface area contributed by atoms with Gasteiger partial charge in [0, 0.05) is 24.5 Å². The summed E-state index contributed by atoms with van der Waals surface area (Å²) in [6.07, 6.45) is 2.84. The molecule has 0 spiro atoms. The zero-order chi connectivity index (χ0) is 13.2. The number of hydrogen-bond acceptors (Lipinski definition) is 3.